The number of likely N-dealkylation sites (tertiary alicyclic amines) is 1. The predicted molar refractivity (Wildman–Crippen MR) is 365 cm³/mol. The lowest BCUT2D eigenvalue weighted by Gasteiger charge is -2.32. The SMILES string of the molecule is CCCCCCOc1cc(/C=C/c2cc(OCCCCCC)c(COc3ccc(C4C5c6cc7c8c9c(cc%10ccc%11cc%12c%13c%14c(cc(c%15c6c8c(c%15%14)c6c%13c%11c%10c96)C5CN4C)C%12)C7)cc3)cc2OCCCCCC)c(OCCCCCC)cc1C. The summed E-state index contributed by atoms with van der Waals surface area (Å²) < 4.78 is 33.5. The number of unbranched alkanes of at least 4 members (excludes halogenated alkanes) is 12. The molecule has 0 amide bonds. The summed E-state index contributed by atoms with van der Waals surface area (Å²) in [5, 5.41) is 24.8. The van der Waals surface area contributed by atoms with Gasteiger partial charge in [-0.15, -0.1) is 0 Å². The van der Waals surface area contributed by atoms with Crippen LogP contribution in [-0.4, -0.2) is 44.9 Å². The number of fused-ring (bicyclic) bond motifs is 3. The van der Waals surface area contributed by atoms with Crippen molar-refractivity contribution in [2.75, 3.05) is 40.0 Å². The molecule has 1 heterocycles. The van der Waals surface area contributed by atoms with Crippen LogP contribution in [0.1, 0.15) is 210 Å². The minimum Gasteiger partial charge on any atom is -0.493 e. The molecule has 6 heteroatoms. The molecule has 0 spiro atoms. The first-order chi connectivity index (χ1) is 42.8. The summed E-state index contributed by atoms with van der Waals surface area (Å²) in [6.07, 6.45) is 24.8. The highest BCUT2D eigenvalue weighted by Gasteiger charge is 2.49. The minimum atomic E-state index is 0.226. The number of ether oxygens (including phenoxy) is 5. The molecule has 4 aliphatic rings. The highest BCUT2D eigenvalue weighted by atomic mass is 16.5. The second-order valence-electron chi connectivity index (χ2n) is 26.9. The van der Waals surface area contributed by atoms with Crippen molar-refractivity contribution in [3.63, 3.8) is 0 Å². The molecule has 87 heavy (non-hydrogen) atoms. The predicted octanol–water partition coefficient (Wildman–Crippen LogP) is 21.7. The average Bonchev–Trinajstić information content (AvgIpc) is 1.46. The molecule has 0 N–H and O–H groups in total. The van der Waals surface area contributed by atoms with Crippen LogP contribution in [0.3, 0.4) is 0 Å². The van der Waals surface area contributed by atoms with E-state index >= 15 is 0 Å². The molecule has 12 aromatic carbocycles. The van der Waals surface area contributed by atoms with Gasteiger partial charge in [0.1, 0.15) is 35.4 Å². The molecule has 0 aromatic heterocycles. The maximum absolute atomic E-state index is 6.88. The molecule has 16 rings (SSSR count). The van der Waals surface area contributed by atoms with Crippen LogP contribution in [0.25, 0.3) is 98.3 Å². The van der Waals surface area contributed by atoms with E-state index < -0.39 is 0 Å². The zero-order valence-corrected chi connectivity index (χ0v) is 52.4. The lowest BCUT2D eigenvalue weighted by molar-refractivity contribution is 0.269. The Hall–Kier alpha value is -7.28. The maximum atomic E-state index is 6.88. The second-order valence-corrected chi connectivity index (χ2v) is 26.9. The molecule has 6 nitrogen and oxygen atoms in total. The first-order valence-electron chi connectivity index (χ1n) is 34.0. The van der Waals surface area contributed by atoms with Crippen molar-refractivity contribution in [1.82, 2.24) is 4.90 Å². The van der Waals surface area contributed by atoms with E-state index in [9.17, 15) is 0 Å². The van der Waals surface area contributed by atoms with E-state index in [2.05, 4.69) is 144 Å². The van der Waals surface area contributed by atoms with Gasteiger partial charge in [0.15, 0.2) is 0 Å². The zero-order valence-electron chi connectivity index (χ0n) is 52.4. The van der Waals surface area contributed by atoms with Gasteiger partial charge in [0, 0.05) is 41.1 Å². The molecule has 0 saturated carbocycles. The molecular weight excluding hydrogens is 1070 g/mol. The smallest absolute Gasteiger partial charge is 0.127 e. The summed E-state index contributed by atoms with van der Waals surface area (Å²) in [7, 11) is 2.38. The highest BCUT2D eigenvalue weighted by Crippen LogP contribution is 2.67. The van der Waals surface area contributed by atoms with E-state index in [1.54, 1.807) is 86.9 Å². The zero-order chi connectivity index (χ0) is 58.6. The Bertz CT molecular complexity index is 4510. The number of rotatable bonds is 30. The van der Waals surface area contributed by atoms with Gasteiger partial charge in [-0.2, -0.15) is 0 Å². The molecule has 1 saturated heterocycles. The van der Waals surface area contributed by atoms with Gasteiger partial charge in [-0.3, -0.25) is 4.90 Å². The molecule has 12 aromatic rings. The molecule has 0 radical (unpaired) electrons. The van der Waals surface area contributed by atoms with Crippen molar-refractivity contribution < 1.29 is 23.7 Å². The van der Waals surface area contributed by atoms with Crippen LogP contribution in [-0.2, 0) is 19.4 Å². The fourth-order valence-corrected chi connectivity index (χ4v) is 17.3. The van der Waals surface area contributed by atoms with Crippen LogP contribution in [0.5, 0.6) is 28.7 Å². The van der Waals surface area contributed by atoms with Crippen molar-refractivity contribution in [2.24, 2.45) is 0 Å². The Kier molecular flexibility index (Phi) is 14.2. The number of benzene rings is 10. The summed E-state index contributed by atoms with van der Waals surface area (Å²) in [6, 6.07) is 33.5. The summed E-state index contributed by atoms with van der Waals surface area (Å²) >= 11 is 0. The number of aryl methyl sites for hydroxylation is 1. The van der Waals surface area contributed by atoms with Crippen LogP contribution < -0.4 is 23.7 Å². The van der Waals surface area contributed by atoms with Crippen molar-refractivity contribution in [3.8, 4) is 28.7 Å². The maximum Gasteiger partial charge on any atom is 0.127 e. The Balaban J connectivity index is 0.722. The Morgan fingerprint density at radius 3 is 1.40 bits per heavy atom. The van der Waals surface area contributed by atoms with E-state index in [-0.39, 0.29) is 6.04 Å². The molecule has 1 fully saturated rings. The van der Waals surface area contributed by atoms with Crippen LogP contribution in [0.2, 0.25) is 0 Å². The summed E-state index contributed by atoms with van der Waals surface area (Å²) in [5.41, 5.74) is 14.8. The summed E-state index contributed by atoms with van der Waals surface area (Å²) in [5.74, 6) is 5.10. The first kappa shape index (κ1) is 55.1. The number of likely N-dealkylation sites (N-methyl/N-ethyl adjacent to an activating group) is 1. The first-order valence-corrected chi connectivity index (χ1v) is 34.0. The second kappa shape index (κ2) is 22.4. The average molecular weight is 1150 g/mol. The largest absolute Gasteiger partial charge is 0.493 e. The van der Waals surface area contributed by atoms with Gasteiger partial charge in [0.05, 0.1) is 26.4 Å². The van der Waals surface area contributed by atoms with Gasteiger partial charge in [-0.25, -0.2) is 0 Å². The van der Waals surface area contributed by atoms with Gasteiger partial charge in [-0.05, 0) is 220 Å². The fourth-order valence-electron chi connectivity index (χ4n) is 17.3. The lowest BCUT2D eigenvalue weighted by atomic mass is 9.71. The monoisotopic (exact) mass is 1150 g/mol. The molecule has 1 aliphatic heterocycles. The molecule has 3 unspecified atom stereocenters. The van der Waals surface area contributed by atoms with Crippen molar-refractivity contribution in [1.29, 1.82) is 0 Å². The highest BCUT2D eigenvalue weighted by molar-refractivity contribution is 6.58. The number of hydrogen-bond donors (Lipinski definition) is 0. The number of nitrogens with zero attached hydrogens (tertiary/aromatic N) is 1. The van der Waals surface area contributed by atoms with Crippen LogP contribution >= 0.6 is 0 Å². The van der Waals surface area contributed by atoms with E-state index in [0.717, 1.165) is 109 Å². The fraction of sp³-hybridized carbons (Fsp3) is 0.407. The Morgan fingerprint density at radius 1 is 0.414 bits per heavy atom. The van der Waals surface area contributed by atoms with Crippen LogP contribution in [0.4, 0.5) is 0 Å². The standard InChI is InChI=1S/C81H85NO5/c1-7-11-15-19-31-83-62-42-49(63(35-47(62)5)84-32-20-16-12-8-2)23-24-50-43-65(86-34-22-18-14-10-4)57(44-64(50)85-33-21-17-13-9-3)46-87-58-29-27-48(28-30-58)81-72-60-41-56-39-54-37-52-26-25-51-36-53-38-55-40-59(61(72)45-82(81)6)73-74(60)78-71(56)69(54)76-67(52)66(51)75-68(53)70(55)77(73)80(78)79(75)76/h23-30,35-37,40-44,61,72,81H,7-22,31-34,38-39,45-46H2,1-6H3/b24-23+. The number of hydrogen-bond acceptors (Lipinski definition) is 6. The third kappa shape index (κ3) is 8.78. The topological polar surface area (TPSA) is 49.4 Å². The van der Waals surface area contributed by atoms with Crippen molar-refractivity contribution in [2.45, 2.75) is 175 Å². The minimum absolute atomic E-state index is 0.226. The quantitative estimate of drug-likeness (QED) is 0.0254. The van der Waals surface area contributed by atoms with Crippen molar-refractivity contribution in [3.05, 3.63) is 146 Å². The molecule has 3 atom stereocenters. The van der Waals surface area contributed by atoms with Crippen LogP contribution in [0, 0.1) is 6.92 Å². The molecule has 3 aliphatic carbocycles. The van der Waals surface area contributed by atoms with Gasteiger partial charge >= 0.3 is 0 Å². The molecule has 444 valence electrons. The summed E-state index contributed by atoms with van der Waals surface area (Å²) in [6.45, 7) is 15.3. The van der Waals surface area contributed by atoms with Gasteiger partial charge in [0.25, 0.3) is 0 Å². The molecule has 0 bridgehead atoms. The van der Waals surface area contributed by atoms with E-state index in [4.69, 9.17) is 23.7 Å². The Labute approximate surface area is 513 Å². The Morgan fingerprint density at radius 2 is 0.862 bits per heavy atom. The summed E-state index contributed by atoms with van der Waals surface area (Å²) in [4.78, 5) is 2.68. The normalized spacial score (nSPS) is 17.0. The van der Waals surface area contributed by atoms with E-state index in [0.29, 0.717) is 44.9 Å². The van der Waals surface area contributed by atoms with Crippen LogP contribution in [0.15, 0.2) is 84.9 Å². The van der Waals surface area contributed by atoms with E-state index in [1.807, 2.05) is 0 Å². The van der Waals surface area contributed by atoms with Crippen molar-refractivity contribution >= 4 is 98.3 Å². The molecular formula is C81H85NO5. The van der Waals surface area contributed by atoms with E-state index in [1.165, 1.54) is 102 Å². The lowest BCUT2D eigenvalue weighted by Crippen LogP contribution is -2.21. The third-order valence-electron chi connectivity index (χ3n) is 21.3. The van der Waals surface area contributed by atoms with Gasteiger partial charge < -0.3 is 23.7 Å². The third-order valence-corrected chi connectivity index (χ3v) is 21.3. The van der Waals surface area contributed by atoms with Gasteiger partial charge in [0.2, 0.25) is 0 Å². The van der Waals surface area contributed by atoms with Gasteiger partial charge in [-0.1, -0.05) is 165 Å².